The molecule has 1 rings (SSSR count). The van der Waals surface area contributed by atoms with Crippen molar-refractivity contribution in [3.05, 3.63) is 32.3 Å². The second-order valence-electron chi connectivity index (χ2n) is 2.88. The van der Waals surface area contributed by atoms with Crippen LogP contribution in [0.5, 0.6) is 0 Å². The molecule has 0 unspecified atom stereocenters. The van der Waals surface area contributed by atoms with Gasteiger partial charge >= 0.3 is 0 Å². The first-order valence-corrected chi connectivity index (χ1v) is 4.75. The first kappa shape index (κ1) is 11.4. The molecule has 0 aliphatic carbocycles. The summed E-state index contributed by atoms with van der Waals surface area (Å²) >= 11 is 3.17. The van der Waals surface area contributed by atoms with Gasteiger partial charge in [-0.25, -0.2) is 4.99 Å². The van der Waals surface area contributed by atoms with Crippen LogP contribution in [0.1, 0.15) is 5.56 Å². The lowest BCUT2D eigenvalue weighted by Crippen LogP contribution is -2.22. The van der Waals surface area contributed by atoms with Gasteiger partial charge in [0.25, 0.3) is 5.69 Å². The standard InChI is InChI=1S/C8H9BrN4O2/c1-4-2-5(9)3-6(13(14)15)7(4)12-8(10)11/h2-3H,1H3,(H4,10,11,12). The number of aliphatic imine (C=N–C) groups is 1. The van der Waals surface area contributed by atoms with Crippen LogP contribution in [0.3, 0.4) is 0 Å². The number of hydrogen-bond acceptors (Lipinski definition) is 3. The van der Waals surface area contributed by atoms with Gasteiger partial charge in [-0.15, -0.1) is 0 Å². The fourth-order valence-electron chi connectivity index (χ4n) is 1.13. The quantitative estimate of drug-likeness (QED) is 0.369. The van der Waals surface area contributed by atoms with Crippen LogP contribution in [-0.2, 0) is 0 Å². The minimum Gasteiger partial charge on any atom is -0.370 e. The van der Waals surface area contributed by atoms with Crippen LogP contribution >= 0.6 is 15.9 Å². The summed E-state index contributed by atoms with van der Waals surface area (Å²) in [5.41, 5.74) is 11.1. The molecule has 15 heavy (non-hydrogen) atoms. The third-order valence-electron chi connectivity index (χ3n) is 1.68. The topological polar surface area (TPSA) is 108 Å². The number of halogens is 1. The van der Waals surface area contributed by atoms with Gasteiger partial charge in [-0.1, -0.05) is 15.9 Å². The van der Waals surface area contributed by atoms with Crippen molar-refractivity contribution < 1.29 is 4.92 Å². The van der Waals surface area contributed by atoms with E-state index in [0.29, 0.717) is 10.0 Å². The van der Waals surface area contributed by atoms with E-state index < -0.39 is 4.92 Å². The molecule has 0 heterocycles. The van der Waals surface area contributed by atoms with Crippen molar-refractivity contribution in [3.63, 3.8) is 0 Å². The van der Waals surface area contributed by atoms with Crippen LogP contribution in [-0.4, -0.2) is 10.9 Å². The Bertz CT molecular complexity index is 441. The van der Waals surface area contributed by atoms with Crippen molar-refractivity contribution in [1.82, 2.24) is 0 Å². The zero-order chi connectivity index (χ0) is 11.6. The molecule has 0 aromatic heterocycles. The van der Waals surface area contributed by atoms with E-state index in [1.165, 1.54) is 6.07 Å². The molecular formula is C8H9BrN4O2. The Morgan fingerprint density at radius 3 is 2.60 bits per heavy atom. The summed E-state index contributed by atoms with van der Waals surface area (Å²) in [7, 11) is 0. The van der Waals surface area contributed by atoms with Crippen LogP contribution in [0.2, 0.25) is 0 Å². The lowest BCUT2D eigenvalue weighted by Gasteiger charge is -2.03. The van der Waals surface area contributed by atoms with E-state index in [0.717, 1.165) is 0 Å². The number of guanidine groups is 1. The normalized spacial score (nSPS) is 9.73. The Labute approximate surface area is 94.3 Å². The molecule has 80 valence electrons. The minimum absolute atomic E-state index is 0.129. The molecule has 0 aliphatic rings. The van der Waals surface area contributed by atoms with Gasteiger partial charge in [0.1, 0.15) is 5.69 Å². The second kappa shape index (κ2) is 4.26. The van der Waals surface area contributed by atoms with Gasteiger partial charge in [0.05, 0.1) is 4.92 Å². The van der Waals surface area contributed by atoms with Crippen LogP contribution in [0.4, 0.5) is 11.4 Å². The molecule has 0 saturated carbocycles. The highest BCUT2D eigenvalue weighted by Crippen LogP contribution is 2.33. The van der Waals surface area contributed by atoms with Crippen LogP contribution < -0.4 is 11.5 Å². The van der Waals surface area contributed by atoms with Crippen molar-refractivity contribution >= 4 is 33.3 Å². The fourth-order valence-corrected chi connectivity index (χ4v) is 1.69. The first-order valence-electron chi connectivity index (χ1n) is 3.96. The summed E-state index contributed by atoms with van der Waals surface area (Å²) in [5.74, 6) is -0.205. The molecule has 6 nitrogen and oxygen atoms in total. The van der Waals surface area contributed by atoms with Crippen LogP contribution in [0.15, 0.2) is 21.6 Å². The third-order valence-corrected chi connectivity index (χ3v) is 2.14. The van der Waals surface area contributed by atoms with Crippen molar-refractivity contribution in [1.29, 1.82) is 0 Å². The molecule has 0 bridgehead atoms. The van der Waals surface area contributed by atoms with E-state index in [-0.39, 0.29) is 17.3 Å². The van der Waals surface area contributed by atoms with Crippen LogP contribution in [0, 0.1) is 17.0 Å². The molecule has 0 aliphatic heterocycles. The number of hydrogen-bond donors (Lipinski definition) is 2. The Morgan fingerprint density at radius 2 is 2.13 bits per heavy atom. The lowest BCUT2D eigenvalue weighted by molar-refractivity contribution is -0.384. The van der Waals surface area contributed by atoms with Gasteiger partial charge in [-0.05, 0) is 18.6 Å². The van der Waals surface area contributed by atoms with Gasteiger partial charge in [-0.3, -0.25) is 10.1 Å². The highest BCUT2D eigenvalue weighted by molar-refractivity contribution is 9.10. The summed E-state index contributed by atoms with van der Waals surface area (Å²) in [4.78, 5) is 13.9. The smallest absolute Gasteiger partial charge is 0.296 e. The number of rotatable bonds is 2. The number of nitro groups is 1. The van der Waals surface area contributed by atoms with E-state index >= 15 is 0 Å². The van der Waals surface area contributed by atoms with Gasteiger partial charge in [0.2, 0.25) is 0 Å². The third kappa shape index (κ3) is 2.66. The zero-order valence-corrected chi connectivity index (χ0v) is 9.48. The summed E-state index contributed by atoms with van der Waals surface area (Å²) < 4.78 is 0.612. The summed E-state index contributed by atoms with van der Waals surface area (Å²) in [6.45, 7) is 1.69. The molecule has 0 amide bonds. The molecular weight excluding hydrogens is 264 g/mol. The van der Waals surface area contributed by atoms with Crippen molar-refractivity contribution in [3.8, 4) is 0 Å². The molecule has 7 heteroatoms. The predicted octanol–water partition coefficient (Wildman–Crippen LogP) is 1.57. The Kier molecular flexibility index (Phi) is 3.25. The van der Waals surface area contributed by atoms with Crippen molar-refractivity contribution in [2.45, 2.75) is 6.92 Å². The number of nitrogens with zero attached hydrogens (tertiary/aromatic N) is 2. The van der Waals surface area contributed by atoms with Gasteiger partial charge < -0.3 is 11.5 Å². The van der Waals surface area contributed by atoms with E-state index in [1.807, 2.05) is 0 Å². The predicted molar refractivity (Wildman–Crippen MR) is 61.0 cm³/mol. The van der Waals surface area contributed by atoms with E-state index in [1.54, 1.807) is 13.0 Å². The summed E-state index contributed by atoms with van der Waals surface area (Å²) in [5, 5.41) is 10.7. The number of nitro benzene ring substituents is 1. The number of nitrogens with two attached hydrogens (primary N) is 2. The molecule has 1 aromatic rings. The maximum Gasteiger partial charge on any atom is 0.296 e. The molecule has 0 spiro atoms. The number of aryl methyl sites for hydroxylation is 1. The Morgan fingerprint density at radius 1 is 1.53 bits per heavy atom. The fraction of sp³-hybridized carbons (Fsp3) is 0.125. The van der Waals surface area contributed by atoms with Crippen molar-refractivity contribution in [2.75, 3.05) is 0 Å². The molecule has 0 fully saturated rings. The first-order chi connectivity index (χ1) is 6.91. The van der Waals surface area contributed by atoms with Gasteiger partial charge in [0.15, 0.2) is 5.96 Å². The molecule has 0 saturated heterocycles. The van der Waals surface area contributed by atoms with E-state index in [4.69, 9.17) is 11.5 Å². The van der Waals surface area contributed by atoms with Crippen molar-refractivity contribution in [2.24, 2.45) is 16.5 Å². The summed E-state index contributed by atoms with van der Waals surface area (Å²) in [6, 6.07) is 3.06. The average Bonchev–Trinajstić information content (AvgIpc) is 2.08. The minimum atomic E-state index is -0.528. The Balaban J connectivity index is 3.47. The highest BCUT2D eigenvalue weighted by atomic mass is 79.9. The van der Waals surface area contributed by atoms with E-state index in [9.17, 15) is 10.1 Å². The summed E-state index contributed by atoms with van der Waals surface area (Å²) in [6.07, 6.45) is 0. The molecule has 0 radical (unpaired) electrons. The second-order valence-corrected chi connectivity index (χ2v) is 3.80. The molecule has 0 atom stereocenters. The zero-order valence-electron chi connectivity index (χ0n) is 7.90. The highest BCUT2D eigenvalue weighted by Gasteiger charge is 2.16. The Hall–Kier alpha value is -1.63. The van der Waals surface area contributed by atoms with Gasteiger partial charge in [-0.2, -0.15) is 0 Å². The van der Waals surface area contributed by atoms with E-state index in [2.05, 4.69) is 20.9 Å². The molecule has 4 N–H and O–H groups in total. The monoisotopic (exact) mass is 272 g/mol. The molecule has 1 aromatic carbocycles. The van der Waals surface area contributed by atoms with Gasteiger partial charge in [0, 0.05) is 10.5 Å². The number of benzene rings is 1. The maximum atomic E-state index is 10.7. The SMILES string of the molecule is Cc1cc(Br)cc([N+](=O)[O-])c1N=C(N)N. The van der Waals surface area contributed by atoms with Crippen LogP contribution in [0.25, 0.3) is 0 Å². The average molecular weight is 273 g/mol. The maximum absolute atomic E-state index is 10.7. The lowest BCUT2D eigenvalue weighted by atomic mass is 10.2. The largest absolute Gasteiger partial charge is 0.370 e.